The number of ether oxygens (including phenoxy) is 3. The largest absolute Gasteiger partial charge is 0.472 e. The molecule has 3 aromatic heterocycles. The van der Waals surface area contributed by atoms with Gasteiger partial charge in [0.15, 0.2) is 0 Å². The highest BCUT2D eigenvalue weighted by Crippen LogP contribution is 2.51. The number of phosphoric acid groups is 2. The molecule has 6 heterocycles. The monoisotopic (exact) mass is 979 g/mol. The minimum absolute atomic E-state index is 0.143. The molecule has 8 N–H and O–H groups in total. The number of carbonyl (C=O) groups is 1. The van der Waals surface area contributed by atoms with Gasteiger partial charge in [-0.25, -0.2) is 23.5 Å². The SMILES string of the molecule is Cc1cn([C@H]2C[C@H](OP(=O)(O)OC[C@H]3O[C@@H](n4cc(C#CCNC(=O)C5=C=CC=C5)c(=O)[nH]c4=O)C[C@@H]3OP(=O)(O)OC[C@H]3O[C@@H](n4cc(C)c(=O)[nH]c4=O)C[C@@H]3O)[C@@H](CO)O2)c(=O)[nH]c1=O. The average molecular weight is 980 g/mol. The van der Waals surface area contributed by atoms with Crippen molar-refractivity contribution in [1.82, 2.24) is 34.0 Å². The first-order chi connectivity index (χ1) is 31.7. The molecule has 1 amide bonds. The van der Waals surface area contributed by atoms with Crippen LogP contribution in [0.15, 0.2) is 76.9 Å². The van der Waals surface area contributed by atoms with E-state index in [2.05, 4.69) is 37.8 Å². The van der Waals surface area contributed by atoms with E-state index in [0.29, 0.717) is 0 Å². The molecule has 11 atom stereocenters. The normalized spacial score (nSPS) is 27.3. The first-order valence-electron chi connectivity index (χ1n) is 20.2. The van der Waals surface area contributed by atoms with Gasteiger partial charge in [0.1, 0.15) is 54.8 Å². The van der Waals surface area contributed by atoms with Crippen LogP contribution < -0.4 is 39.1 Å². The van der Waals surface area contributed by atoms with Crippen molar-refractivity contribution in [2.24, 2.45) is 0 Å². The molecule has 0 spiro atoms. The number of allylic oxidation sites excluding steroid dienone is 1. The van der Waals surface area contributed by atoms with Gasteiger partial charge in [0.05, 0.1) is 38.0 Å². The zero-order valence-corrected chi connectivity index (χ0v) is 37.0. The van der Waals surface area contributed by atoms with Crippen molar-refractivity contribution in [3.05, 3.63) is 127 Å². The lowest BCUT2D eigenvalue weighted by Gasteiger charge is -2.24. The molecule has 0 bridgehead atoms. The molecule has 7 rings (SSSR count). The fourth-order valence-electron chi connectivity index (χ4n) is 7.27. The van der Waals surface area contributed by atoms with Crippen LogP contribution in [0.4, 0.5) is 0 Å². The van der Waals surface area contributed by atoms with Gasteiger partial charge in [0, 0.05) is 49.0 Å². The first-order valence-corrected chi connectivity index (χ1v) is 23.2. The molecule has 67 heavy (non-hydrogen) atoms. The van der Waals surface area contributed by atoms with Gasteiger partial charge in [-0.1, -0.05) is 17.9 Å². The summed E-state index contributed by atoms with van der Waals surface area (Å²) in [5.74, 6) is 4.63. The Morgan fingerprint density at radius 3 is 1.82 bits per heavy atom. The number of aromatic amines is 3. The lowest BCUT2D eigenvalue weighted by Crippen LogP contribution is -2.34. The van der Waals surface area contributed by atoms with E-state index in [9.17, 15) is 62.7 Å². The standard InChI is InChI=1S/C38H43N7O20P2/c1-19-13-43(36(52)40-32(19)48)29-10-23(47)27(62-29)17-59-66(55,56)65-25-12-31(45-15-22(35(51)42-38(45)54)8-5-9-39-34(50)21-6-3-4-7-21)63-28(25)18-60-67(57,58)64-24-11-30(61-26(24)16-46)44-14-20(2)33(49)41-37(44)53/h3-4,6,13-15,23-31,46-47H,9-12,16-18H2,1-2H3,(H,39,50)(H,55,56)(H,57,58)(H,40,48,52)(H,41,49,53)(H,42,51,54)/t23-,24-,25-,26+,27+,28+,29+,30+,31+/m0/s1. The number of aromatic nitrogens is 6. The molecule has 3 saturated heterocycles. The van der Waals surface area contributed by atoms with Gasteiger partial charge in [-0.2, -0.15) is 0 Å². The van der Waals surface area contributed by atoms with Crippen molar-refractivity contribution in [2.75, 3.05) is 26.4 Å². The second-order valence-corrected chi connectivity index (χ2v) is 18.2. The molecule has 27 nitrogen and oxygen atoms in total. The van der Waals surface area contributed by atoms with Crippen molar-refractivity contribution >= 4 is 21.6 Å². The highest BCUT2D eigenvalue weighted by atomic mass is 31.2. The first kappa shape index (κ1) is 49.3. The van der Waals surface area contributed by atoms with E-state index >= 15 is 0 Å². The van der Waals surface area contributed by atoms with Gasteiger partial charge in [-0.15, -0.1) is 5.73 Å². The van der Waals surface area contributed by atoms with Crippen LogP contribution in [0, 0.1) is 25.7 Å². The highest BCUT2D eigenvalue weighted by molar-refractivity contribution is 7.47. The topological polar surface area (TPSA) is 373 Å². The van der Waals surface area contributed by atoms with Crippen LogP contribution in [-0.2, 0) is 46.2 Å². The van der Waals surface area contributed by atoms with Gasteiger partial charge >= 0.3 is 32.7 Å². The molecule has 0 aromatic carbocycles. The third-order valence-electron chi connectivity index (χ3n) is 10.7. The summed E-state index contributed by atoms with van der Waals surface area (Å²) in [4.78, 5) is 115. The van der Waals surface area contributed by atoms with Crippen LogP contribution in [0.1, 0.15) is 54.6 Å². The second-order valence-electron chi connectivity index (χ2n) is 15.4. The number of hydrogen-bond donors (Lipinski definition) is 8. The molecular weight excluding hydrogens is 936 g/mol. The average Bonchev–Trinajstić information content (AvgIpc) is 4.09. The van der Waals surface area contributed by atoms with Gasteiger partial charge in [0.2, 0.25) is 0 Å². The lowest BCUT2D eigenvalue weighted by molar-refractivity contribution is -0.116. The Balaban J connectivity index is 1.06. The van der Waals surface area contributed by atoms with E-state index in [1.807, 2.05) is 0 Å². The van der Waals surface area contributed by atoms with Gasteiger partial charge in [-0.05, 0) is 26.0 Å². The number of nitrogens with zero attached hydrogens (tertiary/aromatic N) is 3. The Morgan fingerprint density at radius 1 is 0.776 bits per heavy atom. The smallest absolute Gasteiger partial charge is 0.394 e. The maximum Gasteiger partial charge on any atom is 0.472 e. The summed E-state index contributed by atoms with van der Waals surface area (Å²) in [5.41, 5.74) is -1.94. The van der Waals surface area contributed by atoms with Gasteiger partial charge in [-0.3, -0.25) is 65.9 Å². The van der Waals surface area contributed by atoms with Crippen LogP contribution in [0.3, 0.4) is 0 Å². The minimum atomic E-state index is -5.22. The fraction of sp³-hybridized carbons (Fsp3) is 0.474. The third-order valence-corrected chi connectivity index (χ3v) is 12.7. The highest BCUT2D eigenvalue weighted by Gasteiger charge is 2.46. The quantitative estimate of drug-likeness (QED) is 0.0421. The number of aliphatic hydroxyl groups excluding tert-OH is 2. The Bertz CT molecular complexity index is 3040. The number of nitrogens with one attached hydrogen (secondary N) is 4. The van der Waals surface area contributed by atoms with Crippen molar-refractivity contribution < 1.29 is 66.2 Å². The second kappa shape index (κ2) is 20.3. The zero-order valence-electron chi connectivity index (χ0n) is 35.2. The van der Waals surface area contributed by atoms with E-state index in [0.717, 1.165) is 19.9 Å². The Labute approximate surface area is 375 Å². The van der Waals surface area contributed by atoms with E-state index in [1.165, 1.54) is 38.4 Å². The Morgan fingerprint density at radius 2 is 1.27 bits per heavy atom. The number of hydrogen-bond acceptors (Lipinski definition) is 18. The number of carbonyl (C=O) groups excluding carboxylic acids is 1. The number of amides is 1. The molecule has 2 unspecified atom stereocenters. The van der Waals surface area contributed by atoms with Crippen molar-refractivity contribution in [1.29, 1.82) is 0 Å². The van der Waals surface area contributed by atoms with E-state index < -0.39 is 137 Å². The summed E-state index contributed by atoms with van der Waals surface area (Å²) >= 11 is 0. The van der Waals surface area contributed by atoms with E-state index in [4.69, 9.17) is 32.3 Å². The maximum atomic E-state index is 13.5. The van der Waals surface area contributed by atoms with Gasteiger partial charge < -0.3 is 39.5 Å². The van der Waals surface area contributed by atoms with Crippen LogP contribution >= 0.6 is 15.6 Å². The Hall–Kier alpha value is -5.65. The Kier molecular flexibility index (Phi) is 14.9. The van der Waals surface area contributed by atoms with Crippen molar-refractivity contribution in [3.8, 4) is 11.8 Å². The summed E-state index contributed by atoms with van der Waals surface area (Å²) in [6.07, 6.45) is -5.06. The molecule has 1 aliphatic carbocycles. The molecule has 3 fully saturated rings. The molecule has 29 heteroatoms. The summed E-state index contributed by atoms with van der Waals surface area (Å²) in [5, 5.41) is 23.1. The molecule has 360 valence electrons. The van der Waals surface area contributed by atoms with Crippen molar-refractivity contribution in [3.63, 3.8) is 0 Å². The summed E-state index contributed by atoms with van der Waals surface area (Å²) in [7, 11) is -10.4. The molecule has 3 aliphatic heterocycles. The van der Waals surface area contributed by atoms with Crippen LogP contribution in [0.2, 0.25) is 0 Å². The molecule has 3 aromatic rings. The number of aliphatic hydroxyl groups is 2. The minimum Gasteiger partial charge on any atom is -0.394 e. The van der Waals surface area contributed by atoms with Crippen LogP contribution in [0.25, 0.3) is 0 Å². The zero-order chi connectivity index (χ0) is 48.4. The van der Waals surface area contributed by atoms with Gasteiger partial charge in [0.25, 0.3) is 22.6 Å². The fourth-order valence-corrected chi connectivity index (χ4v) is 9.19. The summed E-state index contributed by atoms with van der Waals surface area (Å²) in [6.45, 7) is 0.175. The molecule has 0 saturated carbocycles. The van der Waals surface area contributed by atoms with Crippen molar-refractivity contribution in [2.45, 2.75) is 88.4 Å². The number of rotatable bonds is 16. The molecule has 4 aliphatic rings. The van der Waals surface area contributed by atoms with E-state index in [-0.39, 0.29) is 41.6 Å². The number of aryl methyl sites for hydroxylation is 2. The maximum absolute atomic E-state index is 13.5. The predicted octanol–water partition coefficient (Wildman–Crippen LogP) is -2.41. The third kappa shape index (κ3) is 11.7. The summed E-state index contributed by atoms with van der Waals surface area (Å²) in [6, 6.07) is 0. The predicted molar refractivity (Wildman–Crippen MR) is 224 cm³/mol. The number of phosphoric ester groups is 2. The lowest BCUT2D eigenvalue weighted by atomic mass is 10.2. The summed E-state index contributed by atoms with van der Waals surface area (Å²) < 4.78 is 68.2. The molecule has 0 radical (unpaired) electrons. The van der Waals surface area contributed by atoms with E-state index in [1.54, 1.807) is 6.08 Å². The van der Waals surface area contributed by atoms with Crippen LogP contribution in [0.5, 0.6) is 0 Å². The molecular formula is C38H43N7O20P2. The number of H-pyrrole nitrogens is 3. The van der Waals surface area contributed by atoms with Crippen LogP contribution in [-0.4, -0.2) is 118 Å².